The van der Waals surface area contributed by atoms with Crippen LogP contribution in [0.3, 0.4) is 0 Å². The minimum atomic E-state index is -3.75. The number of nitrogens with one attached hydrogen (secondary N) is 2. The molecule has 8 heteroatoms. The molecule has 7 nitrogen and oxygen atoms in total. The molecule has 126 valence electrons. The number of fused-ring (bicyclic) bond motifs is 1. The number of carbonyl (C=O) groups is 1. The highest BCUT2D eigenvalue weighted by molar-refractivity contribution is 7.89. The van der Waals surface area contributed by atoms with E-state index in [9.17, 15) is 13.2 Å². The highest BCUT2D eigenvalue weighted by Gasteiger charge is 2.26. The Morgan fingerprint density at radius 2 is 1.96 bits per heavy atom. The van der Waals surface area contributed by atoms with Crippen molar-refractivity contribution in [1.29, 1.82) is 0 Å². The van der Waals surface area contributed by atoms with Gasteiger partial charge in [0, 0.05) is 18.4 Å². The van der Waals surface area contributed by atoms with Crippen molar-refractivity contribution in [3.63, 3.8) is 0 Å². The molecule has 1 amide bonds. The van der Waals surface area contributed by atoms with Crippen molar-refractivity contribution in [3.8, 4) is 5.75 Å². The SMILES string of the molecule is C[C@@H]1Oc2ccc(S(=O)(=O)N[C@@H](C)c3ccncc3)cc2NC1=O. The van der Waals surface area contributed by atoms with Crippen molar-refractivity contribution in [3.05, 3.63) is 48.3 Å². The summed E-state index contributed by atoms with van der Waals surface area (Å²) in [7, 11) is -3.75. The molecule has 1 aliphatic heterocycles. The van der Waals surface area contributed by atoms with Gasteiger partial charge in [-0.25, -0.2) is 13.1 Å². The van der Waals surface area contributed by atoms with Crippen LogP contribution in [-0.2, 0) is 14.8 Å². The van der Waals surface area contributed by atoms with Crippen LogP contribution < -0.4 is 14.8 Å². The van der Waals surface area contributed by atoms with Gasteiger partial charge in [-0.2, -0.15) is 0 Å². The highest BCUT2D eigenvalue weighted by atomic mass is 32.2. The second kappa shape index (κ2) is 6.21. The van der Waals surface area contributed by atoms with E-state index in [1.54, 1.807) is 38.4 Å². The Hall–Kier alpha value is -2.45. The molecule has 1 aromatic carbocycles. The van der Waals surface area contributed by atoms with Crippen molar-refractivity contribution in [2.45, 2.75) is 30.9 Å². The number of anilines is 1. The number of hydrogen-bond acceptors (Lipinski definition) is 5. The van der Waals surface area contributed by atoms with Crippen LogP contribution >= 0.6 is 0 Å². The minimum Gasteiger partial charge on any atom is -0.479 e. The summed E-state index contributed by atoms with van der Waals surface area (Å²) in [5.74, 6) is 0.137. The molecule has 1 aromatic heterocycles. The number of aromatic nitrogens is 1. The van der Waals surface area contributed by atoms with Crippen LogP contribution in [-0.4, -0.2) is 25.4 Å². The number of nitrogens with zero attached hydrogens (tertiary/aromatic N) is 1. The number of sulfonamides is 1. The van der Waals surface area contributed by atoms with Crippen LogP contribution in [0.1, 0.15) is 25.5 Å². The summed E-state index contributed by atoms with van der Waals surface area (Å²) in [5, 5.41) is 2.64. The first kappa shape index (κ1) is 16.4. The predicted molar refractivity (Wildman–Crippen MR) is 88.1 cm³/mol. The number of pyridine rings is 1. The molecule has 0 bridgehead atoms. The fourth-order valence-corrected chi connectivity index (χ4v) is 3.63. The van der Waals surface area contributed by atoms with Gasteiger partial charge >= 0.3 is 0 Å². The van der Waals surface area contributed by atoms with E-state index in [1.807, 2.05) is 0 Å². The van der Waals surface area contributed by atoms with E-state index in [-0.39, 0.29) is 10.8 Å². The summed E-state index contributed by atoms with van der Waals surface area (Å²) >= 11 is 0. The molecule has 1 aliphatic rings. The molecule has 0 unspecified atom stereocenters. The van der Waals surface area contributed by atoms with Gasteiger partial charge in [0.1, 0.15) is 5.75 Å². The Morgan fingerprint density at radius 1 is 1.25 bits per heavy atom. The van der Waals surface area contributed by atoms with Crippen LogP contribution in [0.4, 0.5) is 5.69 Å². The van der Waals surface area contributed by atoms with Crippen molar-refractivity contribution >= 4 is 21.6 Å². The van der Waals surface area contributed by atoms with E-state index in [0.29, 0.717) is 11.4 Å². The standard InChI is InChI=1S/C16H17N3O4S/c1-10(12-5-7-17-8-6-12)19-24(21,22)13-3-4-15-14(9-13)18-16(20)11(2)23-15/h3-11,19H,1-2H3,(H,18,20)/t10-,11-/m0/s1. The van der Waals surface area contributed by atoms with E-state index in [4.69, 9.17) is 4.74 Å². The fourth-order valence-electron chi connectivity index (χ4n) is 2.38. The Morgan fingerprint density at radius 3 is 2.67 bits per heavy atom. The molecular weight excluding hydrogens is 330 g/mol. The van der Waals surface area contributed by atoms with Gasteiger partial charge in [-0.3, -0.25) is 9.78 Å². The molecule has 3 rings (SSSR count). The maximum atomic E-state index is 12.6. The van der Waals surface area contributed by atoms with Crippen LogP contribution in [0.25, 0.3) is 0 Å². The van der Waals surface area contributed by atoms with E-state index in [1.165, 1.54) is 18.2 Å². The van der Waals surface area contributed by atoms with Gasteiger partial charge in [-0.15, -0.1) is 0 Å². The molecular formula is C16H17N3O4S. The Bertz CT molecular complexity index is 868. The average Bonchev–Trinajstić information content (AvgIpc) is 2.56. The molecule has 0 fully saturated rings. The quantitative estimate of drug-likeness (QED) is 0.879. The van der Waals surface area contributed by atoms with Gasteiger partial charge in [0.2, 0.25) is 10.0 Å². The van der Waals surface area contributed by atoms with Crippen molar-refractivity contribution in [2.75, 3.05) is 5.32 Å². The van der Waals surface area contributed by atoms with Gasteiger partial charge in [0.15, 0.2) is 6.10 Å². The molecule has 24 heavy (non-hydrogen) atoms. The van der Waals surface area contributed by atoms with Gasteiger partial charge in [0.25, 0.3) is 5.91 Å². The van der Waals surface area contributed by atoms with Crippen LogP contribution in [0.15, 0.2) is 47.6 Å². The number of amides is 1. The fraction of sp³-hybridized carbons (Fsp3) is 0.250. The molecule has 0 radical (unpaired) electrons. The number of ether oxygens (including phenoxy) is 1. The normalized spacial score (nSPS) is 18.2. The van der Waals surface area contributed by atoms with E-state index >= 15 is 0 Å². The topological polar surface area (TPSA) is 97.4 Å². The number of rotatable bonds is 4. The monoisotopic (exact) mass is 347 g/mol. The predicted octanol–water partition coefficient (Wildman–Crippen LogP) is 1.84. The Balaban J connectivity index is 1.85. The molecule has 2 heterocycles. The van der Waals surface area contributed by atoms with Crippen LogP contribution in [0.2, 0.25) is 0 Å². The van der Waals surface area contributed by atoms with Crippen LogP contribution in [0.5, 0.6) is 5.75 Å². The summed E-state index contributed by atoms with van der Waals surface area (Å²) in [6.45, 7) is 3.37. The summed E-state index contributed by atoms with van der Waals surface area (Å²) in [6.07, 6.45) is 2.60. The lowest BCUT2D eigenvalue weighted by Crippen LogP contribution is -2.34. The zero-order chi connectivity index (χ0) is 17.3. The Kier molecular flexibility index (Phi) is 4.25. The van der Waals surface area contributed by atoms with E-state index in [0.717, 1.165) is 5.56 Å². The van der Waals surface area contributed by atoms with Crippen molar-refractivity contribution in [1.82, 2.24) is 9.71 Å². The van der Waals surface area contributed by atoms with Gasteiger partial charge < -0.3 is 10.1 Å². The number of benzene rings is 1. The lowest BCUT2D eigenvalue weighted by Gasteiger charge is -2.24. The molecule has 2 aromatic rings. The zero-order valence-corrected chi connectivity index (χ0v) is 14.0. The summed E-state index contributed by atoms with van der Waals surface area (Å²) in [4.78, 5) is 15.6. The molecule has 0 saturated heterocycles. The van der Waals surface area contributed by atoms with Crippen molar-refractivity contribution < 1.29 is 17.9 Å². The lowest BCUT2D eigenvalue weighted by atomic mass is 10.1. The summed E-state index contributed by atoms with van der Waals surface area (Å²) < 4.78 is 33.2. The second-order valence-electron chi connectivity index (χ2n) is 5.53. The first-order valence-corrected chi connectivity index (χ1v) is 8.89. The number of hydrogen-bond donors (Lipinski definition) is 2. The first-order chi connectivity index (χ1) is 11.4. The van der Waals surface area contributed by atoms with E-state index in [2.05, 4.69) is 15.0 Å². The van der Waals surface area contributed by atoms with Gasteiger partial charge in [-0.05, 0) is 49.7 Å². The first-order valence-electron chi connectivity index (χ1n) is 7.40. The average molecular weight is 347 g/mol. The zero-order valence-electron chi connectivity index (χ0n) is 13.2. The molecule has 2 N–H and O–H groups in total. The van der Waals surface area contributed by atoms with Gasteiger partial charge in [0.05, 0.1) is 10.6 Å². The third-order valence-corrected chi connectivity index (χ3v) is 5.27. The number of carbonyl (C=O) groups excluding carboxylic acids is 1. The maximum absolute atomic E-state index is 12.6. The van der Waals surface area contributed by atoms with Gasteiger partial charge in [-0.1, -0.05) is 0 Å². The summed E-state index contributed by atoms with van der Waals surface area (Å²) in [6, 6.07) is 7.45. The largest absolute Gasteiger partial charge is 0.479 e. The maximum Gasteiger partial charge on any atom is 0.265 e. The Labute approximate surface area is 140 Å². The molecule has 2 atom stereocenters. The molecule has 0 spiro atoms. The summed E-state index contributed by atoms with van der Waals surface area (Å²) in [5.41, 5.74) is 1.15. The van der Waals surface area contributed by atoms with Crippen molar-refractivity contribution in [2.24, 2.45) is 0 Å². The third-order valence-electron chi connectivity index (χ3n) is 3.73. The minimum absolute atomic E-state index is 0.0561. The highest BCUT2D eigenvalue weighted by Crippen LogP contribution is 2.32. The van der Waals surface area contributed by atoms with E-state index < -0.39 is 22.2 Å². The third kappa shape index (κ3) is 3.24. The lowest BCUT2D eigenvalue weighted by molar-refractivity contribution is -0.122. The smallest absolute Gasteiger partial charge is 0.265 e. The molecule has 0 saturated carbocycles. The second-order valence-corrected chi connectivity index (χ2v) is 7.24. The van der Waals surface area contributed by atoms with Crippen LogP contribution in [0, 0.1) is 0 Å². The molecule has 0 aliphatic carbocycles.